The van der Waals surface area contributed by atoms with Gasteiger partial charge in [0.15, 0.2) is 0 Å². The normalized spacial score (nSPS) is 10.6. The molecule has 0 aliphatic rings. The molecule has 1 N–H and O–H groups in total. The van der Waals surface area contributed by atoms with E-state index in [4.69, 9.17) is 9.84 Å². The summed E-state index contributed by atoms with van der Waals surface area (Å²) in [6.07, 6.45) is 9.98. The Bertz CT molecular complexity index is 432. The van der Waals surface area contributed by atoms with Crippen molar-refractivity contribution >= 4 is 28.6 Å². The Balaban J connectivity index is 2.20. The van der Waals surface area contributed by atoms with Crippen molar-refractivity contribution in [1.82, 2.24) is 0 Å². The lowest BCUT2D eigenvalue weighted by molar-refractivity contribution is 0.0692. The van der Waals surface area contributed by atoms with Crippen LogP contribution in [-0.4, -0.2) is 17.7 Å². The number of unbranched alkanes of at least 4 members (excludes halogenated alkanes) is 7. The van der Waals surface area contributed by atoms with Crippen molar-refractivity contribution in [1.29, 1.82) is 0 Å². The molecule has 0 saturated carbocycles. The van der Waals surface area contributed by atoms with Crippen LogP contribution >= 0.6 is 22.6 Å². The van der Waals surface area contributed by atoms with Crippen LogP contribution in [0.3, 0.4) is 0 Å². The molecule has 1 rings (SSSR count). The quantitative estimate of drug-likeness (QED) is 0.391. The molecular weight excluding hydrogens is 379 g/mol. The highest BCUT2D eigenvalue weighted by molar-refractivity contribution is 14.1. The molecule has 0 radical (unpaired) electrons. The predicted octanol–water partition coefficient (Wildman–Crippen LogP) is 5.51. The van der Waals surface area contributed by atoms with Gasteiger partial charge in [-0.3, -0.25) is 0 Å². The van der Waals surface area contributed by atoms with Crippen LogP contribution in [0.2, 0.25) is 0 Å². The van der Waals surface area contributed by atoms with Crippen molar-refractivity contribution in [3.63, 3.8) is 0 Å². The zero-order chi connectivity index (χ0) is 15.5. The van der Waals surface area contributed by atoms with Crippen LogP contribution in [0, 0.1) is 3.57 Å². The molecule has 0 fully saturated rings. The molecule has 1 aromatic carbocycles. The zero-order valence-corrected chi connectivity index (χ0v) is 14.9. The van der Waals surface area contributed by atoms with Crippen molar-refractivity contribution in [2.45, 2.75) is 58.3 Å². The van der Waals surface area contributed by atoms with Gasteiger partial charge < -0.3 is 9.84 Å². The average Bonchev–Trinajstić information content (AvgIpc) is 2.46. The van der Waals surface area contributed by atoms with Crippen LogP contribution in [0.5, 0.6) is 5.75 Å². The number of carboxylic acids is 1. The first-order valence-corrected chi connectivity index (χ1v) is 8.88. The smallest absolute Gasteiger partial charge is 0.339 e. The Labute approximate surface area is 141 Å². The highest BCUT2D eigenvalue weighted by atomic mass is 127. The molecule has 0 aromatic heterocycles. The van der Waals surface area contributed by atoms with E-state index in [1.165, 1.54) is 38.5 Å². The molecule has 0 bridgehead atoms. The lowest BCUT2D eigenvalue weighted by Gasteiger charge is -2.09. The third-order valence-electron chi connectivity index (χ3n) is 3.43. The molecule has 3 nitrogen and oxygen atoms in total. The van der Waals surface area contributed by atoms with Gasteiger partial charge in [0, 0.05) is 3.57 Å². The van der Waals surface area contributed by atoms with Crippen molar-refractivity contribution in [2.75, 3.05) is 6.61 Å². The predicted molar refractivity (Wildman–Crippen MR) is 94.2 cm³/mol. The van der Waals surface area contributed by atoms with E-state index in [2.05, 4.69) is 29.5 Å². The third-order valence-corrected chi connectivity index (χ3v) is 4.10. The van der Waals surface area contributed by atoms with Crippen molar-refractivity contribution in [3.8, 4) is 5.75 Å². The summed E-state index contributed by atoms with van der Waals surface area (Å²) in [5.41, 5.74) is 0.251. The van der Waals surface area contributed by atoms with Gasteiger partial charge in [0.1, 0.15) is 11.3 Å². The fourth-order valence-electron chi connectivity index (χ4n) is 2.21. The summed E-state index contributed by atoms with van der Waals surface area (Å²) in [4.78, 5) is 11.2. The summed E-state index contributed by atoms with van der Waals surface area (Å²) < 4.78 is 6.52. The largest absolute Gasteiger partial charge is 0.493 e. The number of carboxylic acid groups (broad SMARTS) is 1. The summed E-state index contributed by atoms with van der Waals surface area (Å²) in [5.74, 6) is -0.453. The Morgan fingerprint density at radius 1 is 1.10 bits per heavy atom. The number of ether oxygens (including phenoxy) is 1. The lowest BCUT2D eigenvalue weighted by Crippen LogP contribution is -2.05. The van der Waals surface area contributed by atoms with Gasteiger partial charge in [-0.05, 0) is 47.2 Å². The summed E-state index contributed by atoms with van der Waals surface area (Å²) in [6, 6.07) is 5.26. The molecule has 0 atom stereocenters. The molecular formula is C17H25IO3. The Morgan fingerprint density at radius 2 is 1.71 bits per heavy atom. The summed E-state index contributed by atoms with van der Waals surface area (Å²) in [7, 11) is 0. The number of hydrogen-bond acceptors (Lipinski definition) is 2. The van der Waals surface area contributed by atoms with E-state index < -0.39 is 5.97 Å². The van der Waals surface area contributed by atoms with Crippen LogP contribution in [0.1, 0.15) is 68.6 Å². The second-order valence-electron chi connectivity index (χ2n) is 5.27. The van der Waals surface area contributed by atoms with E-state index in [-0.39, 0.29) is 5.56 Å². The van der Waals surface area contributed by atoms with Crippen LogP contribution in [0.15, 0.2) is 18.2 Å². The van der Waals surface area contributed by atoms with E-state index in [9.17, 15) is 4.79 Å². The molecule has 1 aromatic rings. The first kappa shape index (κ1) is 18.3. The first-order chi connectivity index (χ1) is 10.1. The van der Waals surface area contributed by atoms with Gasteiger partial charge in [-0.25, -0.2) is 4.79 Å². The first-order valence-electron chi connectivity index (χ1n) is 7.80. The van der Waals surface area contributed by atoms with Gasteiger partial charge in [0.05, 0.1) is 6.61 Å². The fourth-order valence-corrected chi connectivity index (χ4v) is 2.70. The van der Waals surface area contributed by atoms with E-state index in [1.54, 1.807) is 12.1 Å². The SMILES string of the molecule is CCCCCCCCCCOc1ccc(I)cc1C(=O)O. The molecule has 0 aliphatic carbocycles. The summed E-state index contributed by atoms with van der Waals surface area (Å²) in [5, 5.41) is 9.15. The number of hydrogen-bond donors (Lipinski definition) is 1. The minimum atomic E-state index is -0.931. The van der Waals surface area contributed by atoms with Crippen molar-refractivity contribution < 1.29 is 14.6 Å². The standard InChI is InChI=1S/C17H25IO3/c1-2-3-4-5-6-7-8-9-12-21-16-11-10-14(18)13-15(16)17(19)20/h10-11,13H,2-9,12H2,1H3,(H,19,20). The molecule has 0 spiro atoms. The molecule has 21 heavy (non-hydrogen) atoms. The molecule has 0 aliphatic heterocycles. The Hall–Kier alpha value is -0.780. The molecule has 0 heterocycles. The average molecular weight is 404 g/mol. The topological polar surface area (TPSA) is 46.5 Å². The number of aromatic carboxylic acids is 1. The maximum Gasteiger partial charge on any atom is 0.339 e. The van der Waals surface area contributed by atoms with Crippen LogP contribution in [0.25, 0.3) is 0 Å². The van der Waals surface area contributed by atoms with E-state index in [0.717, 1.165) is 16.4 Å². The maximum atomic E-state index is 11.2. The molecule has 118 valence electrons. The second-order valence-corrected chi connectivity index (χ2v) is 6.51. The maximum absolute atomic E-state index is 11.2. The lowest BCUT2D eigenvalue weighted by atomic mass is 10.1. The van der Waals surface area contributed by atoms with Crippen LogP contribution in [-0.2, 0) is 0 Å². The van der Waals surface area contributed by atoms with E-state index in [1.807, 2.05) is 6.07 Å². The van der Waals surface area contributed by atoms with Gasteiger partial charge >= 0.3 is 5.97 Å². The fraction of sp³-hybridized carbons (Fsp3) is 0.588. The highest BCUT2D eigenvalue weighted by Gasteiger charge is 2.11. The Kier molecular flexibility index (Phi) is 9.46. The molecule has 0 unspecified atom stereocenters. The third kappa shape index (κ3) is 7.69. The van der Waals surface area contributed by atoms with E-state index >= 15 is 0 Å². The number of benzene rings is 1. The molecule has 4 heteroatoms. The Morgan fingerprint density at radius 3 is 2.33 bits per heavy atom. The van der Waals surface area contributed by atoms with Gasteiger partial charge in [-0.1, -0.05) is 51.9 Å². The zero-order valence-electron chi connectivity index (χ0n) is 12.7. The number of carbonyl (C=O) groups is 1. The molecule has 0 amide bonds. The van der Waals surface area contributed by atoms with Gasteiger partial charge in [0.2, 0.25) is 0 Å². The van der Waals surface area contributed by atoms with Gasteiger partial charge in [-0.2, -0.15) is 0 Å². The second kappa shape index (κ2) is 10.9. The van der Waals surface area contributed by atoms with Gasteiger partial charge in [0.25, 0.3) is 0 Å². The highest BCUT2D eigenvalue weighted by Crippen LogP contribution is 2.21. The van der Waals surface area contributed by atoms with Crippen LogP contribution < -0.4 is 4.74 Å². The van der Waals surface area contributed by atoms with Crippen molar-refractivity contribution in [2.24, 2.45) is 0 Å². The van der Waals surface area contributed by atoms with Crippen LogP contribution in [0.4, 0.5) is 0 Å². The minimum Gasteiger partial charge on any atom is -0.493 e. The summed E-state index contributed by atoms with van der Waals surface area (Å²) >= 11 is 2.11. The minimum absolute atomic E-state index is 0.251. The van der Waals surface area contributed by atoms with E-state index in [0.29, 0.717) is 12.4 Å². The van der Waals surface area contributed by atoms with Crippen molar-refractivity contribution in [3.05, 3.63) is 27.3 Å². The monoisotopic (exact) mass is 404 g/mol. The summed E-state index contributed by atoms with van der Waals surface area (Å²) in [6.45, 7) is 2.82. The number of halogens is 1. The molecule has 0 saturated heterocycles. The van der Waals surface area contributed by atoms with Gasteiger partial charge in [-0.15, -0.1) is 0 Å². The number of rotatable bonds is 11.